The number of hydrogen-bond acceptors (Lipinski definition) is 2. The number of hydrogen-bond donors (Lipinski definition) is 2. The molecule has 0 aromatic heterocycles. The zero-order chi connectivity index (χ0) is 11.6. The fourth-order valence-electron chi connectivity index (χ4n) is 2.77. The van der Waals surface area contributed by atoms with E-state index in [-0.39, 0.29) is 24.2 Å². The third-order valence-electron chi connectivity index (χ3n) is 4.24. The van der Waals surface area contributed by atoms with E-state index in [1.54, 1.807) is 0 Å². The second-order valence-electron chi connectivity index (χ2n) is 5.96. The number of carbonyl (C=O) groups is 1. The van der Waals surface area contributed by atoms with Crippen LogP contribution in [0.15, 0.2) is 0 Å². The smallest absolute Gasteiger partial charge is 0.223 e. The molecule has 3 nitrogen and oxygen atoms in total. The first-order valence-electron chi connectivity index (χ1n) is 6.60. The highest BCUT2D eigenvalue weighted by atomic mass is 35.5. The summed E-state index contributed by atoms with van der Waals surface area (Å²) in [5.41, 5.74) is 0.397. The molecule has 1 saturated heterocycles. The summed E-state index contributed by atoms with van der Waals surface area (Å²) in [6.07, 6.45) is 5.86. The minimum atomic E-state index is 0. The van der Waals surface area contributed by atoms with Crippen LogP contribution in [-0.4, -0.2) is 25.0 Å². The fraction of sp³-hybridized carbons (Fsp3) is 0.923. The molecule has 17 heavy (non-hydrogen) atoms. The van der Waals surface area contributed by atoms with E-state index in [9.17, 15) is 4.79 Å². The van der Waals surface area contributed by atoms with E-state index in [2.05, 4.69) is 24.5 Å². The summed E-state index contributed by atoms with van der Waals surface area (Å²) < 4.78 is 0. The third kappa shape index (κ3) is 3.85. The fourth-order valence-corrected chi connectivity index (χ4v) is 2.77. The van der Waals surface area contributed by atoms with E-state index in [4.69, 9.17) is 0 Å². The van der Waals surface area contributed by atoms with E-state index >= 15 is 0 Å². The van der Waals surface area contributed by atoms with Crippen LogP contribution in [-0.2, 0) is 4.79 Å². The molecule has 1 aliphatic carbocycles. The van der Waals surface area contributed by atoms with Gasteiger partial charge in [0.2, 0.25) is 5.91 Å². The Morgan fingerprint density at radius 3 is 2.71 bits per heavy atom. The summed E-state index contributed by atoms with van der Waals surface area (Å²) >= 11 is 0. The van der Waals surface area contributed by atoms with Crippen molar-refractivity contribution in [3.05, 3.63) is 0 Å². The number of rotatable bonds is 3. The molecule has 1 amide bonds. The molecule has 1 saturated carbocycles. The van der Waals surface area contributed by atoms with E-state index in [0.29, 0.717) is 11.5 Å². The van der Waals surface area contributed by atoms with Crippen molar-refractivity contribution >= 4 is 18.3 Å². The SMILES string of the molecule is C[C@H]1C[C@@H](C(=O)NCC2(C)CCC2)CCN1.Cl. The highest BCUT2D eigenvalue weighted by Crippen LogP contribution is 2.39. The van der Waals surface area contributed by atoms with Crippen molar-refractivity contribution in [2.75, 3.05) is 13.1 Å². The molecule has 1 heterocycles. The van der Waals surface area contributed by atoms with Crippen molar-refractivity contribution in [3.63, 3.8) is 0 Å². The highest BCUT2D eigenvalue weighted by Gasteiger charge is 2.33. The molecule has 0 bridgehead atoms. The van der Waals surface area contributed by atoms with Gasteiger partial charge in [-0.05, 0) is 44.6 Å². The second-order valence-corrected chi connectivity index (χ2v) is 5.96. The van der Waals surface area contributed by atoms with Crippen LogP contribution in [0.3, 0.4) is 0 Å². The molecule has 0 aromatic rings. The third-order valence-corrected chi connectivity index (χ3v) is 4.24. The Morgan fingerprint density at radius 1 is 1.47 bits per heavy atom. The Balaban J connectivity index is 0.00000144. The topological polar surface area (TPSA) is 41.1 Å². The molecule has 4 heteroatoms. The summed E-state index contributed by atoms with van der Waals surface area (Å²) in [4.78, 5) is 12.0. The van der Waals surface area contributed by atoms with E-state index < -0.39 is 0 Å². The van der Waals surface area contributed by atoms with Gasteiger partial charge < -0.3 is 10.6 Å². The molecule has 2 fully saturated rings. The lowest BCUT2D eigenvalue weighted by atomic mass is 9.70. The number of piperidine rings is 1. The summed E-state index contributed by atoms with van der Waals surface area (Å²) in [6.45, 7) is 6.30. The van der Waals surface area contributed by atoms with Crippen molar-refractivity contribution < 1.29 is 4.79 Å². The van der Waals surface area contributed by atoms with Crippen LogP contribution in [0.25, 0.3) is 0 Å². The molecule has 2 rings (SSSR count). The normalized spacial score (nSPS) is 30.9. The molecule has 2 atom stereocenters. The summed E-state index contributed by atoms with van der Waals surface area (Å²) in [5.74, 6) is 0.515. The standard InChI is InChI=1S/C13H24N2O.ClH/c1-10-8-11(4-7-14-10)12(16)15-9-13(2)5-3-6-13;/h10-11,14H,3-9H2,1-2H3,(H,15,16);1H/t10-,11-;/m0./s1. The molecular weight excluding hydrogens is 236 g/mol. The Kier molecular flexibility index (Phi) is 5.26. The van der Waals surface area contributed by atoms with Gasteiger partial charge in [-0.2, -0.15) is 0 Å². The van der Waals surface area contributed by atoms with Crippen LogP contribution < -0.4 is 10.6 Å². The second kappa shape index (κ2) is 6.05. The van der Waals surface area contributed by atoms with Gasteiger partial charge in [-0.15, -0.1) is 12.4 Å². The van der Waals surface area contributed by atoms with Gasteiger partial charge >= 0.3 is 0 Å². The van der Waals surface area contributed by atoms with Crippen LogP contribution in [0.5, 0.6) is 0 Å². The largest absolute Gasteiger partial charge is 0.355 e. The zero-order valence-electron chi connectivity index (χ0n) is 10.9. The van der Waals surface area contributed by atoms with Gasteiger partial charge in [0.15, 0.2) is 0 Å². The van der Waals surface area contributed by atoms with E-state index in [1.807, 2.05) is 0 Å². The van der Waals surface area contributed by atoms with Crippen molar-refractivity contribution in [1.82, 2.24) is 10.6 Å². The minimum absolute atomic E-state index is 0. The lowest BCUT2D eigenvalue weighted by Crippen LogP contribution is -2.46. The van der Waals surface area contributed by atoms with E-state index in [0.717, 1.165) is 25.9 Å². The summed E-state index contributed by atoms with van der Waals surface area (Å²) in [5, 5.41) is 6.53. The molecule has 100 valence electrons. The zero-order valence-corrected chi connectivity index (χ0v) is 11.7. The van der Waals surface area contributed by atoms with Crippen molar-refractivity contribution in [3.8, 4) is 0 Å². The molecular formula is C13H25ClN2O. The number of nitrogens with one attached hydrogen (secondary N) is 2. The molecule has 0 radical (unpaired) electrons. The Bertz CT molecular complexity index is 266. The molecule has 0 spiro atoms. The summed E-state index contributed by atoms with van der Waals surface area (Å²) in [6, 6.07) is 0.490. The Morgan fingerprint density at radius 2 is 2.18 bits per heavy atom. The number of amides is 1. The van der Waals surface area contributed by atoms with Crippen LogP contribution in [0.4, 0.5) is 0 Å². The monoisotopic (exact) mass is 260 g/mol. The van der Waals surface area contributed by atoms with Gasteiger partial charge in [-0.25, -0.2) is 0 Å². The predicted octanol–water partition coefficient (Wildman–Crippen LogP) is 2.10. The first-order valence-corrected chi connectivity index (χ1v) is 6.60. The first-order chi connectivity index (χ1) is 7.59. The molecule has 0 aromatic carbocycles. The lowest BCUT2D eigenvalue weighted by molar-refractivity contribution is -0.126. The van der Waals surface area contributed by atoms with Crippen molar-refractivity contribution in [2.24, 2.45) is 11.3 Å². The Hall–Kier alpha value is -0.280. The van der Waals surface area contributed by atoms with Crippen LogP contribution in [0, 0.1) is 11.3 Å². The van der Waals surface area contributed by atoms with Gasteiger partial charge in [-0.3, -0.25) is 4.79 Å². The maximum atomic E-state index is 12.0. The maximum Gasteiger partial charge on any atom is 0.223 e. The molecule has 1 aliphatic heterocycles. The van der Waals surface area contributed by atoms with Crippen LogP contribution in [0.1, 0.15) is 46.0 Å². The lowest BCUT2D eigenvalue weighted by Gasteiger charge is -2.39. The number of halogens is 1. The van der Waals surface area contributed by atoms with Gasteiger partial charge in [0.1, 0.15) is 0 Å². The summed E-state index contributed by atoms with van der Waals surface area (Å²) in [7, 11) is 0. The van der Waals surface area contributed by atoms with Gasteiger partial charge in [0.25, 0.3) is 0 Å². The van der Waals surface area contributed by atoms with Gasteiger partial charge in [0, 0.05) is 18.5 Å². The van der Waals surface area contributed by atoms with Crippen LogP contribution >= 0.6 is 12.4 Å². The molecule has 2 N–H and O–H groups in total. The maximum absolute atomic E-state index is 12.0. The predicted molar refractivity (Wildman–Crippen MR) is 72.4 cm³/mol. The van der Waals surface area contributed by atoms with Crippen LogP contribution in [0.2, 0.25) is 0 Å². The van der Waals surface area contributed by atoms with Crippen molar-refractivity contribution in [1.29, 1.82) is 0 Å². The molecule has 2 aliphatic rings. The average molecular weight is 261 g/mol. The van der Waals surface area contributed by atoms with Gasteiger partial charge in [-0.1, -0.05) is 13.3 Å². The Labute approximate surface area is 111 Å². The highest BCUT2D eigenvalue weighted by molar-refractivity contribution is 5.85. The van der Waals surface area contributed by atoms with Gasteiger partial charge in [0.05, 0.1) is 0 Å². The first kappa shape index (κ1) is 14.8. The number of carbonyl (C=O) groups excluding carboxylic acids is 1. The quantitative estimate of drug-likeness (QED) is 0.816. The minimum Gasteiger partial charge on any atom is -0.355 e. The van der Waals surface area contributed by atoms with E-state index in [1.165, 1.54) is 19.3 Å². The molecule has 0 unspecified atom stereocenters. The van der Waals surface area contributed by atoms with Crippen molar-refractivity contribution in [2.45, 2.75) is 52.0 Å². The average Bonchev–Trinajstić information content (AvgIpc) is 2.23.